The Morgan fingerprint density at radius 2 is 1.93 bits per heavy atom. The average molecular weight is 450 g/mol. The summed E-state index contributed by atoms with van der Waals surface area (Å²) in [4.78, 5) is 28.8. The molecule has 0 fully saturated rings. The van der Waals surface area contributed by atoms with Crippen molar-refractivity contribution in [2.24, 2.45) is 0 Å². The first-order chi connectivity index (χ1) is 14.0. The molecule has 2 N–H and O–H groups in total. The Labute approximate surface area is 181 Å². The predicted molar refractivity (Wildman–Crippen MR) is 116 cm³/mol. The Balaban J connectivity index is 1.51. The molecule has 9 heteroatoms. The predicted octanol–water partition coefficient (Wildman–Crippen LogP) is 5.50. The molecule has 150 valence electrons. The summed E-state index contributed by atoms with van der Waals surface area (Å²) in [5.41, 5.74) is 0.800. The van der Waals surface area contributed by atoms with Crippen LogP contribution in [-0.2, 0) is 4.79 Å². The summed E-state index contributed by atoms with van der Waals surface area (Å²) in [6.07, 6.45) is 2.32. The summed E-state index contributed by atoms with van der Waals surface area (Å²) in [5, 5.41) is 8.69. The lowest BCUT2D eigenvalue weighted by atomic mass is 10.1. The molecule has 0 saturated heterocycles. The van der Waals surface area contributed by atoms with Crippen molar-refractivity contribution < 1.29 is 14.3 Å². The maximum atomic E-state index is 12.4. The fraction of sp³-hybridized carbons (Fsp3) is 0.150. The van der Waals surface area contributed by atoms with Gasteiger partial charge in [0.1, 0.15) is 5.75 Å². The number of carbonyl (C=O) groups is 2. The average Bonchev–Trinajstić information content (AvgIpc) is 3.20. The molecule has 3 rings (SSSR count). The number of anilines is 2. The molecule has 6 nitrogen and oxygen atoms in total. The molecule has 2 amide bonds. The lowest BCUT2D eigenvalue weighted by Gasteiger charge is -2.11. The second-order valence-corrected chi connectivity index (χ2v) is 7.65. The van der Waals surface area contributed by atoms with Gasteiger partial charge in [-0.1, -0.05) is 35.3 Å². The third kappa shape index (κ3) is 6.19. The van der Waals surface area contributed by atoms with Crippen LogP contribution < -0.4 is 15.4 Å². The van der Waals surface area contributed by atoms with Gasteiger partial charge in [-0.05, 0) is 36.8 Å². The number of ether oxygens (including phenoxy) is 1. The molecule has 0 radical (unpaired) electrons. The van der Waals surface area contributed by atoms with Gasteiger partial charge in [-0.25, -0.2) is 4.98 Å². The highest BCUT2D eigenvalue weighted by atomic mass is 35.5. The second kappa shape index (κ2) is 10.2. The van der Waals surface area contributed by atoms with Crippen molar-refractivity contribution in [3.8, 4) is 5.75 Å². The molecule has 1 heterocycles. The highest BCUT2D eigenvalue weighted by molar-refractivity contribution is 7.13. The van der Waals surface area contributed by atoms with Gasteiger partial charge in [-0.3, -0.25) is 14.9 Å². The van der Waals surface area contributed by atoms with Gasteiger partial charge in [0.05, 0.1) is 22.9 Å². The number of benzene rings is 2. The molecule has 0 unspecified atom stereocenters. The van der Waals surface area contributed by atoms with E-state index in [-0.39, 0.29) is 18.2 Å². The number of halogens is 2. The Hall–Kier alpha value is -2.61. The van der Waals surface area contributed by atoms with Crippen molar-refractivity contribution in [3.63, 3.8) is 0 Å². The van der Waals surface area contributed by atoms with E-state index >= 15 is 0 Å². The number of hydrogen-bond donors (Lipinski definition) is 2. The van der Waals surface area contributed by atoms with Crippen LogP contribution in [0.15, 0.2) is 54.0 Å². The zero-order chi connectivity index (χ0) is 20.6. The molecule has 0 aliphatic heterocycles. The minimum absolute atomic E-state index is 0.217. The summed E-state index contributed by atoms with van der Waals surface area (Å²) in [5.74, 6) is -0.0393. The molecule has 0 saturated carbocycles. The molecular weight excluding hydrogens is 433 g/mol. The lowest BCUT2D eigenvalue weighted by Crippen LogP contribution is -2.18. The topological polar surface area (TPSA) is 80.3 Å². The van der Waals surface area contributed by atoms with E-state index < -0.39 is 0 Å². The molecule has 2 aromatic carbocycles. The molecular formula is C20H17Cl2N3O3S. The zero-order valence-corrected chi connectivity index (χ0v) is 17.5. The van der Waals surface area contributed by atoms with Gasteiger partial charge in [0, 0.05) is 23.0 Å². The van der Waals surface area contributed by atoms with E-state index in [0.717, 1.165) is 0 Å². The van der Waals surface area contributed by atoms with Crippen LogP contribution in [0.4, 0.5) is 10.8 Å². The van der Waals surface area contributed by atoms with Crippen LogP contribution in [0.2, 0.25) is 10.0 Å². The first-order valence-electron chi connectivity index (χ1n) is 8.70. The lowest BCUT2D eigenvalue weighted by molar-refractivity contribution is -0.116. The van der Waals surface area contributed by atoms with Crippen molar-refractivity contribution in [2.45, 2.75) is 12.8 Å². The van der Waals surface area contributed by atoms with E-state index in [4.69, 9.17) is 27.9 Å². The van der Waals surface area contributed by atoms with Gasteiger partial charge in [0.15, 0.2) is 5.13 Å². The van der Waals surface area contributed by atoms with E-state index in [9.17, 15) is 9.59 Å². The fourth-order valence-electron chi connectivity index (χ4n) is 2.46. The summed E-state index contributed by atoms with van der Waals surface area (Å²) in [6, 6.07) is 11.8. The van der Waals surface area contributed by atoms with Crippen molar-refractivity contribution in [2.75, 3.05) is 17.2 Å². The van der Waals surface area contributed by atoms with Crippen LogP contribution in [0, 0.1) is 0 Å². The molecule has 0 spiro atoms. The minimum atomic E-state index is -0.337. The van der Waals surface area contributed by atoms with Crippen LogP contribution in [0.3, 0.4) is 0 Å². The number of aromatic nitrogens is 1. The molecule has 0 aliphatic carbocycles. The molecule has 0 aliphatic rings. The van der Waals surface area contributed by atoms with E-state index in [1.165, 1.54) is 11.3 Å². The van der Waals surface area contributed by atoms with Gasteiger partial charge in [0.25, 0.3) is 5.91 Å². The quantitative estimate of drug-likeness (QED) is 0.444. The third-order valence-corrected chi connectivity index (χ3v) is 5.02. The van der Waals surface area contributed by atoms with Gasteiger partial charge >= 0.3 is 0 Å². The molecule has 0 bridgehead atoms. The Kier molecular flexibility index (Phi) is 7.46. The zero-order valence-electron chi connectivity index (χ0n) is 15.2. The van der Waals surface area contributed by atoms with Crippen molar-refractivity contribution in [3.05, 3.63) is 69.7 Å². The largest absolute Gasteiger partial charge is 0.492 e. The van der Waals surface area contributed by atoms with Crippen molar-refractivity contribution >= 4 is 57.2 Å². The van der Waals surface area contributed by atoms with Crippen LogP contribution in [0.1, 0.15) is 23.2 Å². The van der Waals surface area contributed by atoms with Gasteiger partial charge < -0.3 is 10.1 Å². The highest BCUT2D eigenvalue weighted by Gasteiger charge is 2.14. The van der Waals surface area contributed by atoms with Crippen molar-refractivity contribution in [1.29, 1.82) is 0 Å². The number of nitrogens with zero attached hydrogens (tertiary/aromatic N) is 1. The summed E-state index contributed by atoms with van der Waals surface area (Å²) >= 11 is 13.2. The second-order valence-electron chi connectivity index (χ2n) is 5.91. The van der Waals surface area contributed by atoms with Gasteiger partial charge in [0.2, 0.25) is 5.91 Å². The van der Waals surface area contributed by atoms with E-state index in [2.05, 4.69) is 15.6 Å². The molecule has 3 aromatic rings. The normalized spacial score (nSPS) is 10.4. The number of thiazole rings is 1. The first kappa shape index (κ1) is 21.1. The van der Waals surface area contributed by atoms with E-state index in [1.807, 2.05) is 0 Å². The summed E-state index contributed by atoms with van der Waals surface area (Å²) < 4.78 is 5.57. The smallest absolute Gasteiger partial charge is 0.259 e. The van der Waals surface area contributed by atoms with Gasteiger partial charge in [-0.15, -0.1) is 11.3 Å². The molecule has 1 aromatic heterocycles. The highest BCUT2D eigenvalue weighted by Crippen LogP contribution is 2.27. The monoisotopic (exact) mass is 449 g/mol. The SMILES string of the molecule is O=C(CCCOc1ccc(Cl)cc1Cl)Nc1ccccc1C(=O)Nc1nccs1. The Bertz CT molecular complexity index is 996. The number of amides is 2. The van der Waals surface area contributed by atoms with Crippen LogP contribution >= 0.6 is 34.5 Å². The third-order valence-electron chi connectivity index (χ3n) is 3.80. The van der Waals surface area contributed by atoms with Gasteiger partial charge in [-0.2, -0.15) is 0 Å². The van der Waals surface area contributed by atoms with Crippen LogP contribution in [0.5, 0.6) is 5.75 Å². The number of rotatable bonds is 8. The van der Waals surface area contributed by atoms with Crippen LogP contribution in [0.25, 0.3) is 0 Å². The standard InChI is InChI=1S/C20H17Cl2N3O3S/c21-13-7-8-17(15(22)12-13)28-10-3-6-18(26)24-16-5-2-1-4-14(16)19(27)25-20-23-9-11-29-20/h1-2,4-5,7-9,11-12H,3,6,10H2,(H,24,26)(H,23,25,27). The fourth-order valence-corrected chi connectivity index (χ4v) is 3.45. The molecule has 29 heavy (non-hydrogen) atoms. The summed E-state index contributed by atoms with van der Waals surface area (Å²) in [6.45, 7) is 0.320. The number of nitrogens with one attached hydrogen (secondary N) is 2. The number of carbonyl (C=O) groups excluding carboxylic acids is 2. The van der Waals surface area contributed by atoms with E-state index in [0.29, 0.717) is 45.2 Å². The van der Waals surface area contributed by atoms with Crippen molar-refractivity contribution in [1.82, 2.24) is 4.98 Å². The maximum absolute atomic E-state index is 12.4. The van der Waals surface area contributed by atoms with Crippen LogP contribution in [-0.4, -0.2) is 23.4 Å². The van der Waals surface area contributed by atoms with E-state index in [1.54, 1.807) is 54.0 Å². The Morgan fingerprint density at radius 1 is 1.10 bits per heavy atom. The minimum Gasteiger partial charge on any atom is -0.492 e. The molecule has 0 atom stereocenters. The number of hydrogen-bond acceptors (Lipinski definition) is 5. The maximum Gasteiger partial charge on any atom is 0.259 e. The summed E-state index contributed by atoms with van der Waals surface area (Å²) in [7, 11) is 0. The number of para-hydroxylation sites is 1. The Morgan fingerprint density at radius 3 is 2.69 bits per heavy atom. The first-order valence-corrected chi connectivity index (χ1v) is 10.3.